The van der Waals surface area contributed by atoms with Crippen LogP contribution in [0, 0.1) is 0 Å². The number of nitrogens with zero attached hydrogens (tertiary/aromatic N) is 4. The summed E-state index contributed by atoms with van der Waals surface area (Å²) in [5.41, 5.74) is 8.24. The number of aromatic nitrogens is 2. The number of fused-ring (bicyclic) bond motifs is 2. The number of hydrogen-bond acceptors (Lipinski definition) is 9. The molecule has 2 aromatic rings. The average molecular weight is 508 g/mol. The van der Waals surface area contributed by atoms with E-state index in [2.05, 4.69) is 28.1 Å². The molecule has 1 spiro atoms. The fraction of sp³-hybridized carbons (Fsp3) is 0.591. The first kappa shape index (κ1) is 23.8. The second-order valence-electron chi connectivity index (χ2n) is 9.33. The summed E-state index contributed by atoms with van der Waals surface area (Å²) in [4.78, 5) is 5.44. The van der Waals surface area contributed by atoms with Crippen molar-refractivity contribution in [3.8, 4) is 0 Å². The van der Waals surface area contributed by atoms with Gasteiger partial charge in [-0.3, -0.25) is 10.00 Å². The van der Waals surface area contributed by atoms with Crippen molar-refractivity contribution in [2.45, 2.75) is 49.1 Å². The number of aryl methyl sites for hydroxylation is 1. The van der Waals surface area contributed by atoms with E-state index in [1.165, 1.54) is 37.0 Å². The summed E-state index contributed by atoms with van der Waals surface area (Å²) in [7, 11) is -3.53. The van der Waals surface area contributed by atoms with Crippen molar-refractivity contribution in [3.63, 3.8) is 0 Å². The van der Waals surface area contributed by atoms with Gasteiger partial charge in [-0.2, -0.15) is 9.40 Å². The Morgan fingerprint density at radius 1 is 1.41 bits per heavy atom. The van der Waals surface area contributed by atoms with E-state index < -0.39 is 10.0 Å². The molecule has 3 aliphatic rings. The van der Waals surface area contributed by atoms with Crippen molar-refractivity contribution in [3.05, 3.63) is 45.7 Å². The van der Waals surface area contributed by atoms with Crippen molar-refractivity contribution in [2.75, 3.05) is 39.3 Å². The van der Waals surface area contributed by atoms with Crippen LogP contribution in [-0.4, -0.2) is 78.2 Å². The molecule has 0 radical (unpaired) electrons. The predicted octanol–water partition coefficient (Wildman–Crippen LogP) is 0.946. The third-order valence-electron chi connectivity index (χ3n) is 7.15. The normalized spacial score (nSPS) is 22.0. The molecule has 0 unspecified atom stereocenters. The maximum Gasteiger partial charge on any atom is 0.246 e. The van der Waals surface area contributed by atoms with Gasteiger partial charge in [0.2, 0.25) is 10.0 Å². The van der Waals surface area contributed by atoms with Crippen molar-refractivity contribution in [2.24, 2.45) is 11.6 Å². The molecule has 34 heavy (non-hydrogen) atoms. The summed E-state index contributed by atoms with van der Waals surface area (Å²) in [5.74, 6) is 6.19. The number of nitrogens with one attached hydrogen (secondary N) is 1. The van der Waals surface area contributed by atoms with Crippen LogP contribution in [0.2, 0.25) is 0 Å². The lowest BCUT2D eigenvalue weighted by atomic mass is 9.82. The van der Waals surface area contributed by atoms with E-state index in [0.717, 1.165) is 45.4 Å². The smallest absolute Gasteiger partial charge is 0.246 e. The highest BCUT2D eigenvalue weighted by atomic mass is 32.2. The highest BCUT2D eigenvalue weighted by Gasteiger charge is 2.42. The van der Waals surface area contributed by atoms with Crippen LogP contribution >= 0.6 is 11.3 Å². The molecule has 0 bridgehead atoms. The number of H-pyrrole nitrogens is 1. The Balaban J connectivity index is 1.13. The number of rotatable bonds is 7. The summed E-state index contributed by atoms with van der Waals surface area (Å²) in [6.07, 6.45) is 8.44. The summed E-state index contributed by atoms with van der Waals surface area (Å²) in [6.45, 7) is 6.11. The second kappa shape index (κ2) is 9.25. The summed E-state index contributed by atoms with van der Waals surface area (Å²) in [5, 5.41) is 7.79. The van der Waals surface area contributed by atoms with Crippen molar-refractivity contribution in [1.82, 2.24) is 24.4 Å². The van der Waals surface area contributed by atoms with E-state index in [-0.39, 0.29) is 16.5 Å². The van der Waals surface area contributed by atoms with Gasteiger partial charge in [-0.1, -0.05) is 6.92 Å². The third-order valence-corrected chi connectivity index (χ3v) is 10.3. The van der Waals surface area contributed by atoms with E-state index in [0.29, 0.717) is 25.3 Å². The molecule has 5 N–H and O–H groups in total. The van der Waals surface area contributed by atoms with Gasteiger partial charge in [0.1, 0.15) is 4.90 Å². The minimum atomic E-state index is -3.53. The number of thiophene rings is 1. The minimum absolute atomic E-state index is 0.106. The number of nitrogens with two attached hydrogens (primary N) is 2. The third kappa shape index (κ3) is 4.38. The number of ether oxygens (including phenoxy) is 1. The lowest BCUT2D eigenvalue weighted by Crippen LogP contribution is -2.61. The van der Waals surface area contributed by atoms with Crippen LogP contribution in [0.3, 0.4) is 0 Å². The zero-order valence-corrected chi connectivity index (χ0v) is 21.1. The van der Waals surface area contributed by atoms with Crippen LogP contribution in [0.4, 0.5) is 0 Å². The quantitative estimate of drug-likeness (QED) is 0.373. The highest BCUT2D eigenvalue weighted by molar-refractivity contribution is 7.89. The molecule has 5 rings (SSSR count). The molecule has 5 heterocycles. The van der Waals surface area contributed by atoms with Crippen molar-refractivity contribution in [1.29, 1.82) is 0 Å². The van der Waals surface area contributed by atoms with Crippen molar-refractivity contribution >= 4 is 21.4 Å². The first-order valence-corrected chi connectivity index (χ1v) is 14.0. The lowest BCUT2D eigenvalue weighted by Gasteiger charge is -2.44. The number of hydrogen-bond donors (Lipinski definition) is 3. The summed E-state index contributed by atoms with van der Waals surface area (Å²) < 4.78 is 32.8. The summed E-state index contributed by atoms with van der Waals surface area (Å²) >= 11 is 1.94. The summed E-state index contributed by atoms with van der Waals surface area (Å²) in [6, 6.07) is 2.26. The molecule has 2 aromatic heterocycles. The van der Waals surface area contributed by atoms with Gasteiger partial charge >= 0.3 is 0 Å². The van der Waals surface area contributed by atoms with Gasteiger partial charge in [-0.25, -0.2) is 14.3 Å². The molecular formula is C22H33N7O3S2. The van der Waals surface area contributed by atoms with Gasteiger partial charge in [-0.15, -0.1) is 11.3 Å². The fourth-order valence-electron chi connectivity index (χ4n) is 5.06. The van der Waals surface area contributed by atoms with Gasteiger partial charge in [-0.05, 0) is 30.9 Å². The maximum atomic E-state index is 12.5. The molecule has 0 saturated carbocycles. The lowest BCUT2D eigenvalue weighted by molar-refractivity contribution is -0.0961. The Labute approximate surface area is 204 Å². The Morgan fingerprint density at radius 2 is 2.18 bits per heavy atom. The van der Waals surface area contributed by atoms with Gasteiger partial charge in [0.15, 0.2) is 0 Å². The number of likely N-dealkylation sites (tertiary alicyclic amines) is 1. The average Bonchev–Trinajstić information content (AvgIpc) is 3.45. The molecule has 3 aliphatic heterocycles. The molecular weight excluding hydrogens is 474 g/mol. The van der Waals surface area contributed by atoms with E-state index in [9.17, 15) is 8.42 Å². The number of hydrazine groups is 1. The molecule has 2 saturated heterocycles. The number of aromatic amines is 1. The Kier molecular flexibility index (Phi) is 6.46. The van der Waals surface area contributed by atoms with Gasteiger partial charge in [0.25, 0.3) is 0 Å². The molecule has 2 fully saturated rings. The van der Waals surface area contributed by atoms with Crippen LogP contribution < -0.4 is 11.6 Å². The van der Waals surface area contributed by atoms with E-state index >= 15 is 0 Å². The van der Waals surface area contributed by atoms with E-state index in [1.807, 2.05) is 11.3 Å². The van der Waals surface area contributed by atoms with Crippen LogP contribution in [0.15, 0.2) is 35.3 Å². The predicted molar refractivity (Wildman–Crippen MR) is 130 cm³/mol. The molecule has 0 aromatic carbocycles. The molecule has 0 atom stereocenters. The van der Waals surface area contributed by atoms with Crippen LogP contribution in [0.5, 0.6) is 0 Å². The second-order valence-corrected chi connectivity index (χ2v) is 12.5. The van der Waals surface area contributed by atoms with Crippen LogP contribution in [0.25, 0.3) is 0 Å². The topological polar surface area (TPSA) is 134 Å². The number of piperidine rings is 1. The highest BCUT2D eigenvalue weighted by Crippen LogP contribution is 2.44. The first-order valence-electron chi connectivity index (χ1n) is 11.8. The Hall–Kier alpha value is -1.96. The Bertz CT molecular complexity index is 1130. The van der Waals surface area contributed by atoms with Gasteiger partial charge in [0.05, 0.1) is 24.4 Å². The van der Waals surface area contributed by atoms with Crippen LogP contribution in [0.1, 0.15) is 35.1 Å². The molecule has 12 heteroatoms. The standard InChI is InChI=1S/C22H33N7O3S2/c1-2-18-9-20-21(33-18)3-8-32-22(20)4-6-27(7-5-22)12-16(23)13-29(24)17-14-28(15-17)34(30,31)19-10-25-26-11-19/h9-11,13,17H,2-8,12,14-15,23-24H2,1H3,(H,25,26)/b16-13-. The SMILES string of the molecule is CCc1cc2c(s1)CCOC21CCN(C/C(N)=C/N(N)C2CN(S(=O)(=O)c3cn[nH]c3)C2)CC1. The van der Waals surface area contributed by atoms with E-state index in [4.69, 9.17) is 16.3 Å². The van der Waals surface area contributed by atoms with Crippen molar-refractivity contribution < 1.29 is 13.2 Å². The van der Waals surface area contributed by atoms with Gasteiger partial charge in [0, 0.05) is 67.0 Å². The number of sulfonamides is 1. The zero-order chi connectivity index (χ0) is 23.9. The molecule has 186 valence electrons. The monoisotopic (exact) mass is 507 g/mol. The largest absolute Gasteiger partial charge is 0.400 e. The molecule has 0 amide bonds. The fourth-order valence-corrected chi connectivity index (χ4v) is 7.66. The first-order chi connectivity index (χ1) is 16.3. The Morgan fingerprint density at radius 3 is 2.85 bits per heavy atom. The zero-order valence-electron chi connectivity index (χ0n) is 19.4. The maximum absolute atomic E-state index is 12.5. The van der Waals surface area contributed by atoms with E-state index in [1.54, 1.807) is 6.20 Å². The molecule has 10 nitrogen and oxygen atoms in total. The van der Waals surface area contributed by atoms with Crippen LogP contribution in [-0.2, 0) is 33.2 Å². The van der Waals surface area contributed by atoms with Gasteiger partial charge < -0.3 is 15.5 Å². The minimum Gasteiger partial charge on any atom is -0.400 e. The molecule has 0 aliphatic carbocycles.